The molecule has 0 aliphatic heterocycles. The third-order valence-corrected chi connectivity index (χ3v) is 4.63. The quantitative estimate of drug-likeness (QED) is 0.728. The molecular formula is C15H27NO. The predicted octanol–water partition coefficient (Wildman–Crippen LogP) is 3.53. The molecule has 0 aromatic heterocycles. The van der Waals surface area contributed by atoms with Crippen LogP contribution in [-0.2, 0) is 4.79 Å². The molecule has 0 aromatic carbocycles. The van der Waals surface area contributed by atoms with Crippen LogP contribution in [0.5, 0.6) is 0 Å². The Hall–Kier alpha value is -0.790. The van der Waals surface area contributed by atoms with Crippen molar-refractivity contribution in [2.75, 3.05) is 0 Å². The van der Waals surface area contributed by atoms with Gasteiger partial charge < -0.3 is 5.32 Å². The second-order valence-electron chi connectivity index (χ2n) is 6.04. The van der Waals surface area contributed by atoms with Crippen LogP contribution in [0.4, 0.5) is 0 Å². The fourth-order valence-corrected chi connectivity index (χ4v) is 2.88. The molecule has 0 spiro atoms. The van der Waals surface area contributed by atoms with E-state index in [4.69, 9.17) is 0 Å². The molecule has 1 N–H and O–H groups in total. The van der Waals surface area contributed by atoms with Gasteiger partial charge in [-0.15, -0.1) is 0 Å². The monoisotopic (exact) mass is 237 g/mol. The molecule has 1 saturated carbocycles. The van der Waals surface area contributed by atoms with Crippen molar-refractivity contribution in [1.29, 1.82) is 0 Å². The number of carbonyl (C=O) groups excluding carboxylic acids is 1. The topological polar surface area (TPSA) is 29.1 Å². The molecule has 2 unspecified atom stereocenters. The van der Waals surface area contributed by atoms with Crippen LogP contribution in [0.15, 0.2) is 12.2 Å². The molecule has 1 aliphatic rings. The van der Waals surface area contributed by atoms with Crippen molar-refractivity contribution >= 4 is 5.91 Å². The van der Waals surface area contributed by atoms with Crippen molar-refractivity contribution in [3.63, 3.8) is 0 Å². The highest BCUT2D eigenvalue weighted by atomic mass is 16.1. The van der Waals surface area contributed by atoms with Crippen molar-refractivity contribution in [3.05, 3.63) is 12.2 Å². The standard InChI is InChI=1S/C15H27NO/c1-6-7-14(17)16-12(4)10-13-8-9-15(13,5)11(2)3/h6-7,11-13H,8-10H2,1-5H3,(H,16,17)/b7-6+/t12?,13?,15-/m1/s1. The fourth-order valence-electron chi connectivity index (χ4n) is 2.88. The Morgan fingerprint density at radius 3 is 2.53 bits per heavy atom. The first-order chi connectivity index (χ1) is 7.90. The zero-order valence-corrected chi connectivity index (χ0v) is 11.9. The normalized spacial score (nSPS) is 30.4. The molecule has 1 fully saturated rings. The number of carbonyl (C=O) groups is 1. The molecule has 0 saturated heterocycles. The third-order valence-electron chi connectivity index (χ3n) is 4.63. The highest BCUT2D eigenvalue weighted by Crippen LogP contribution is 2.53. The van der Waals surface area contributed by atoms with Crippen molar-refractivity contribution in [2.45, 2.75) is 59.9 Å². The Morgan fingerprint density at radius 2 is 2.12 bits per heavy atom. The first kappa shape index (κ1) is 14.3. The van der Waals surface area contributed by atoms with Gasteiger partial charge in [-0.05, 0) is 56.4 Å². The van der Waals surface area contributed by atoms with Crippen LogP contribution in [0, 0.1) is 17.3 Å². The van der Waals surface area contributed by atoms with Gasteiger partial charge in [0, 0.05) is 6.04 Å². The molecule has 98 valence electrons. The predicted molar refractivity (Wildman–Crippen MR) is 72.7 cm³/mol. The molecule has 1 amide bonds. The summed E-state index contributed by atoms with van der Waals surface area (Å²) in [7, 11) is 0. The third kappa shape index (κ3) is 3.34. The number of rotatable bonds is 5. The molecule has 2 nitrogen and oxygen atoms in total. The van der Waals surface area contributed by atoms with E-state index in [9.17, 15) is 4.79 Å². The summed E-state index contributed by atoms with van der Waals surface area (Å²) in [5, 5.41) is 3.03. The van der Waals surface area contributed by atoms with Crippen LogP contribution >= 0.6 is 0 Å². The minimum Gasteiger partial charge on any atom is -0.350 e. The van der Waals surface area contributed by atoms with Crippen LogP contribution in [0.25, 0.3) is 0 Å². The van der Waals surface area contributed by atoms with Crippen LogP contribution < -0.4 is 5.32 Å². The van der Waals surface area contributed by atoms with E-state index >= 15 is 0 Å². The lowest BCUT2D eigenvalue weighted by Gasteiger charge is -2.51. The average molecular weight is 237 g/mol. The Morgan fingerprint density at radius 1 is 1.47 bits per heavy atom. The number of hydrogen-bond acceptors (Lipinski definition) is 1. The summed E-state index contributed by atoms with van der Waals surface area (Å²) in [4.78, 5) is 11.4. The van der Waals surface area contributed by atoms with Gasteiger partial charge in [-0.25, -0.2) is 0 Å². The maximum absolute atomic E-state index is 11.4. The summed E-state index contributed by atoms with van der Waals surface area (Å²) in [6.45, 7) is 11.0. The molecule has 1 rings (SSSR count). The lowest BCUT2D eigenvalue weighted by molar-refractivity contribution is -0.117. The molecule has 17 heavy (non-hydrogen) atoms. The summed E-state index contributed by atoms with van der Waals surface area (Å²) in [5.41, 5.74) is 0.486. The number of allylic oxidation sites excluding steroid dienone is 1. The minimum atomic E-state index is 0.0329. The van der Waals surface area contributed by atoms with Gasteiger partial charge in [-0.2, -0.15) is 0 Å². The first-order valence-corrected chi connectivity index (χ1v) is 6.83. The van der Waals surface area contributed by atoms with Crippen molar-refractivity contribution in [2.24, 2.45) is 17.3 Å². The van der Waals surface area contributed by atoms with Crippen molar-refractivity contribution in [1.82, 2.24) is 5.32 Å². The molecule has 0 aromatic rings. The number of hydrogen-bond donors (Lipinski definition) is 1. The summed E-state index contributed by atoms with van der Waals surface area (Å²) < 4.78 is 0. The van der Waals surface area contributed by atoms with E-state index in [0.29, 0.717) is 5.41 Å². The zero-order valence-electron chi connectivity index (χ0n) is 11.9. The zero-order chi connectivity index (χ0) is 13.1. The Kier molecular flexibility index (Phi) is 4.79. The smallest absolute Gasteiger partial charge is 0.243 e. The van der Waals surface area contributed by atoms with Crippen LogP contribution in [0.1, 0.15) is 53.9 Å². The van der Waals surface area contributed by atoms with Gasteiger partial charge in [0.15, 0.2) is 0 Å². The second-order valence-corrected chi connectivity index (χ2v) is 6.04. The van der Waals surface area contributed by atoms with Crippen LogP contribution in [-0.4, -0.2) is 11.9 Å². The van der Waals surface area contributed by atoms with E-state index in [1.165, 1.54) is 12.8 Å². The molecule has 3 atom stereocenters. The van der Waals surface area contributed by atoms with Crippen LogP contribution in [0.2, 0.25) is 0 Å². The average Bonchev–Trinajstić information content (AvgIpc) is 2.23. The summed E-state index contributed by atoms with van der Waals surface area (Å²) >= 11 is 0. The van der Waals surface area contributed by atoms with Gasteiger partial charge >= 0.3 is 0 Å². The second kappa shape index (κ2) is 5.70. The largest absolute Gasteiger partial charge is 0.350 e. The summed E-state index contributed by atoms with van der Waals surface area (Å²) in [6.07, 6.45) is 7.14. The van der Waals surface area contributed by atoms with E-state index < -0.39 is 0 Å². The molecule has 2 heteroatoms. The Balaban J connectivity index is 2.42. The van der Waals surface area contributed by atoms with Gasteiger partial charge in [0.05, 0.1) is 0 Å². The summed E-state index contributed by atoms with van der Waals surface area (Å²) in [5.74, 6) is 1.54. The number of nitrogens with one attached hydrogen (secondary N) is 1. The van der Waals surface area contributed by atoms with Crippen LogP contribution in [0.3, 0.4) is 0 Å². The summed E-state index contributed by atoms with van der Waals surface area (Å²) in [6, 6.07) is 0.280. The lowest BCUT2D eigenvalue weighted by atomic mass is 9.54. The SMILES string of the molecule is C/C=C/C(=O)NC(C)CC1CC[C@]1(C)C(C)C. The van der Waals surface area contributed by atoms with E-state index in [1.807, 2.05) is 6.92 Å². The van der Waals surface area contributed by atoms with E-state index in [1.54, 1.807) is 12.2 Å². The Labute approximate surface area is 106 Å². The Bertz CT molecular complexity index is 295. The van der Waals surface area contributed by atoms with Gasteiger partial charge in [0.2, 0.25) is 5.91 Å². The van der Waals surface area contributed by atoms with Gasteiger partial charge in [0.1, 0.15) is 0 Å². The fraction of sp³-hybridized carbons (Fsp3) is 0.800. The molecular weight excluding hydrogens is 210 g/mol. The lowest BCUT2D eigenvalue weighted by Crippen LogP contribution is -2.45. The molecule has 1 aliphatic carbocycles. The van der Waals surface area contributed by atoms with E-state index in [0.717, 1.165) is 18.3 Å². The maximum atomic E-state index is 11.4. The molecule has 0 radical (unpaired) electrons. The molecule has 0 heterocycles. The minimum absolute atomic E-state index is 0.0329. The van der Waals surface area contributed by atoms with E-state index in [2.05, 4.69) is 33.0 Å². The maximum Gasteiger partial charge on any atom is 0.243 e. The highest BCUT2D eigenvalue weighted by molar-refractivity contribution is 5.87. The van der Waals surface area contributed by atoms with Crippen molar-refractivity contribution < 1.29 is 4.79 Å². The van der Waals surface area contributed by atoms with Crippen molar-refractivity contribution in [3.8, 4) is 0 Å². The van der Waals surface area contributed by atoms with E-state index in [-0.39, 0.29) is 11.9 Å². The highest BCUT2D eigenvalue weighted by Gasteiger charge is 2.44. The molecule has 0 bridgehead atoms. The first-order valence-electron chi connectivity index (χ1n) is 6.83. The van der Waals surface area contributed by atoms with Gasteiger partial charge in [-0.1, -0.05) is 26.8 Å². The number of amides is 1. The van der Waals surface area contributed by atoms with Gasteiger partial charge in [0.25, 0.3) is 0 Å². The van der Waals surface area contributed by atoms with Gasteiger partial charge in [-0.3, -0.25) is 4.79 Å².